The Bertz CT molecular complexity index is 1150. The first-order chi connectivity index (χ1) is 13.8. The minimum Gasteiger partial charge on any atom is -0.306 e. The highest BCUT2D eigenvalue weighted by Gasteiger charge is 2.23. The molecular weight excluding hydrogens is 370 g/mol. The molecule has 7 heteroatoms. The van der Waals surface area contributed by atoms with Gasteiger partial charge < -0.3 is 4.98 Å². The van der Waals surface area contributed by atoms with Gasteiger partial charge in [-0.05, 0) is 11.4 Å². The molecule has 6 nitrogen and oxygen atoms in total. The Morgan fingerprint density at radius 2 is 2.04 bits per heavy atom. The van der Waals surface area contributed by atoms with Crippen LogP contribution in [0.3, 0.4) is 0 Å². The first kappa shape index (κ1) is 17.1. The smallest absolute Gasteiger partial charge is 0.255 e. The summed E-state index contributed by atoms with van der Waals surface area (Å²) in [5.41, 5.74) is 4.78. The van der Waals surface area contributed by atoms with E-state index in [0.29, 0.717) is 12.4 Å². The number of hydrogen-bond acceptors (Lipinski definition) is 5. The lowest BCUT2D eigenvalue weighted by Gasteiger charge is -2.27. The van der Waals surface area contributed by atoms with Gasteiger partial charge in [0.25, 0.3) is 5.56 Å². The quantitative estimate of drug-likeness (QED) is 0.560. The van der Waals surface area contributed by atoms with Crippen molar-refractivity contribution >= 4 is 11.3 Å². The van der Waals surface area contributed by atoms with Crippen LogP contribution in [-0.2, 0) is 19.5 Å². The van der Waals surface area contributed by atoms with Crippen LogP contribution in [0.5, 0.6) is 0 Å². The van der Waals surface area contributed by atoms with Gasteiger partial charge in [-0.2, -0.15) is 5.10 Å². The summed E-state index contributed by atoms with van der Waals surface area (Å²) in [6, 6.07) is 13.9. The number of nitrogens with zero attached hydrogens (tertiary/aromatic N) is 3. The number of hydrogen-bond donors (Lipinski definition) is 2. The van der Waals surface area contributed by atoms with Crippen LogP contribution < -0.4 is 5.56 Å². The predicted molar refractivity (Wildman–Crippen MR) is 110 cm³/mol. The van der Waals surface area contributed by atoms with E-state index >= 15 is 0 Å². The van der Waals surface area contributed by atoms with Crippen molar-refractivity contribution in [3.63, 3.8) is 0 Å². The van der Waals surface area contributed by atoms with Crippen molar-refractivity contribution in [2.24, 2.45) is 0 Å². The van der Waals surface area contributed by atoms with E-state index in [-0.39, 0.29) is 5.56 Å². The minimum atomic E-state index is -0.0424. The van der Waals surface area contributed by atoms with E-state index in [0.717, 1.165) is 47.6 Å². The summed E-state index contributed by atoms with van der Waals surface area (Å²) in [5, 5.41) is 9.39. The van der Waals surface area contributed by atoms with Crippen molar-refractivity contribution in [2.75, 3.05) is 6.54 Å². The van der Waals surface area contributed by atoms with Crippen LogP contribution in [-0.4, -0.2) is 31.6 Å². The van der Waals surface area contributed by atoms with Gasteiger partial charge in [0.2, 0.25) is 0 Å². The first-order valence-electron chi connectivity index (χ1n) is 9.24. The third kappa shape index (κ3) is 3.19. The molecule has 0 bridgehead atoms. The Labute approximate surface area is 165 Å². The van der Waals surface area contributed by atoms with Crippen molar-refractivity contribution in [1.82, 2.24) is 25.1 Å². The summed E-state index contributed by atoms with van der Waals surface area (Å²) in [6.07, 6.45) is 2.65. The molecule has 4 aromatic rings. The normalized spacial score (nSPS) is 14.1. The SMILES string of the molecule is O=c1[nH]c(-c2ccccc2)nc2c1CN(Cc1cn[nH]c1-c1cccs1)CC2. The summed E-state index contributed by atoms with van der Waals surface area (Å²) in [6.45, 7) is 2.22. The molecule has 0 radical (unpaired) electrons. The second-order valence-electron chi connectivity index (χ2n) is 6.91. The highest BCUT2D eigenvalue weighted by Crippen LogP contribution is 2.28. The number of benzene rings is 1. The van der Waals surface area contributed by atoms with Gasteiger partial charge in [0.15, 0.2) is 0 Å². The Hall–Kier alpha value is -3.03. The van der Waals surface area contributed by atoms with Gasteiger partial charge >= 0.3 is 0 Å². The second-order valence-corrected chi connectivity index (χ2v) is 7.86. The third-order valence-electron chi connectivity index (χ3n) is 5.07. The number of rotatable bonds is 4. The van der Waals surface area contributed by atoms with E-state index in [4.69, 9.17) is 4.98 Å². The number of nitrogens with one attached hydrogen (secondary N) is 2. The molecule has 28 heavy (non-hydrogen) atoms. The van der Waals surface area contributed by atoms with Gasteiger partial charge in [-0.25, -0.2) is 4.98 Å². The molecule has 0 saturated heterocycles. The fraction of sp³-hybridized carbons (Fsp3) is 0.190. The summed E-state index contributed by atoms with van der Waals surface area (Å²) in [5.74, 6) is 0.646. The second kappa shape index (κ2) is 7.18. The van der Waals surface area contributed by atoms with E-state index in [1.165, 1.54) is 4.88 Å². The highest BCUT2D eigenvalue weighted by atomic mass is 32.1. The number of aromatic amines is 2. The van der Waals surface area contributed by atoms with Crippen LogP contribution >= 0.6 is 11.3 Å². The Morgan fingerprint density at radius 3 is 2.86 bits per heavy atom. The van der Waals surface area contributed by atoms with Crippen LogP contribution in [0, 0.1) is 0 Å². The Kier molecular flexibility index (Phi) is 4.38. The zero-order chi connectivity index (χ0) is 18.9. The predicted octanol–water partition coefficient (Wildman–Crippen LogP) is 3.45. The number of aromatic nitrogens is 4. The van der Waals surface area contributed by atoms with Gasteiger partial charge in [-0.1, -0.05) is 36.4 Å². The molecule has 1 aromatic carbocycles. The fourth-order valence-corrected chi connectivity index (χ4v) is 4.41. The van der Waals surface area contributed by atoms with Gasteiger partial charge in [0.1, 0.15) is 5.82 Å². The van der Waals surface area contributed by atoms with Crippen LogP contribution in [0.1, 0.15) is 16.8 Å². The lowest BCUT2D eigenvalue weighted by atomic mass is 10.1. The van der Waals surface area contributed by atoms with E-state index in [9.17, 15) is 4.79 Å². The molecule has 0 spiro atoms. The van der Waals surface area contributed by atoms with Crippen LogP contribution in [0.2, 0.25) is 0 Å². The van der Waals surface area contributed by atoms with Crippen LogP contribution in [0.25, 0.3) is 22.0 Å². The summed E-state index contributed by atoms with van der Waals surface area (Å²) < 4.78 is 0. The molecule has 0 fully saturated rings. The molecule has 4 heterocycles. The molecule has 0 saturated carbocycles. The van der Waals surface area contributed by atoms with Crippen molar-refractivity contribution in [3.05, 3.63) is 81.2 Å². The summed E-state index contributed by atoms with van der Waals surface area (Å²) >= 11 is 1.69. The number of fused-ring (bicyclic) bond motifs is 1. The van der Waals surface area contributed by atoms with Gasteiger partial charge in [0.05, 0.1) is 28.0 Å². The largest absolute Gasteiger partial charge is 0.306 e. The maximum absolute atomic E-state index is 12.7. The van der Waals surface area contributed by atoms with E-state index in [1.807, 2.05) is 42.6 Å². The zero-order valence-corrected chi connectivity index (χ0v) is 16.0. The van der Waals surface area contributed by atoms with Crippen molar-refractivity contribution < 1.29 is 0 Å². The molecule has 0 unspecified atom stereocenters. The molecule has 0 atom stereocenters. The molecule has 3 aromatic heterocycles. The van der Waals surface area contributed by atoms with Crippen molar-refractivity contribution in [2.45, 2.75) is 19.5 Å². The monoisotopic (exact) mass is 389 g/mol. The van der Waals surface area contributed by atoms with E-state index < -0.39 is 0 Å². The van der Waals surface area contributed by atoms with Crippen LogP contribution in [0.15, 0.2) is 58.8 Å². The number of H-pyrrole nitrogens is 2. The van der Waals surface area contributed by atoms with Gasteiger partial charge in [-0.3, -0.25) is 14.8 Å². The van der Waals surface area contributed by atoms with E-state index in [1.54, 1.807) is 11.3 Å². The molecule has 0 aliphatic carbocycles. The maximum Gasteiger partial charge on any atom is 0.255 e. The molecule has 0 amide bonds. The molecule has 1 aliphatic heterocycles. The average Bonchev–Trinajstić information content (AvgIpc) is 3.40. The maximum atomic E-state index is 12.7. The third-order valence-corrected chi connectivity index (χ3v) is 5.96. The minimum absolute atomic E-state index is 0.0424. The molecule has 5 rings (SSSR count). The summed E-state index contributed by atoms with van der Waals surface area (Å²) in [4.78, 5) is 23.9. The molecular formula is C21H19N5OS. The summed E-state index contributed by atoms with van der Waals surface area (Å²) in [7, 11) is 0. The molecule has 2 N–H and O–H groups in total. The van der Waals surface area contributed by atoms with Gasteiger partial charge in [-0.15, -0.1) is 11.3 Å². The topological polar surface area (TPSA) is 77.7 Å². The fourth-order valence-electron chi connectivity index (χ4n) is 3.65. The average molecular weight is 389 g/mol. The van der Waals surface area contributed by atoms with Crippen LogP contribution in [0.4, 0.5) is 0 Å². The molecule has 1 aliphatic rings. The van der Waals surface area contributed by atoms with Gasteiger partial charge in [0, 0.05) is 37.2 Å². The first-order valence-corrected chi connectivity index (χ1v) is 10.1. The lowest BCUT2D eigenvalue weighted by molar-refractivity contribution is 0.242. The standard InChI is InChI=1S/C21H19N5OS/c27-21-16-13-26(12-15-11-22-25-19(15)18-7-4-10-28-18)9-8-17(16)23-20(24-21)14-5-2-1-3-6-14/h1-7,10-11H,8-9,12-13H2,(H,22,25)(H,23,24,27). The lowest BCUT2D eigenvalue weighted by Crippen LogP contribution is -2.35. The zero-order valence-electron chi connectivity index (χ0n) is 15.2. The number of thiophene rings is 1. The van der Waals surface area contributed by atoms with Crippen molar-refractivity contribution in [1.29, 1.82) is 0 Å². The van der Waals surface area contributed by atoms with Crippen molar-refractivity contribution in [3.8, 4) is 22.0 Å². The molecule has 140 valence electrons. The highest BCUT2D eigenvalue weighted by molar-refractivity contribution is 7.13. The van der Waals surface area contributed by atoms with E-state index in [2.05, 4.69) is 31.5 Å². The Balaban J connectivity index is 1.39. The Morgan fingerprint density at radius 1 is 1.14 bits per heavy atom.